The third-order valence-electron chi connectivity index (χ3n) is 3.88. The minimum Gasteiger partial charge on any atom is -0.456 e. The lowest BCUT2D eigenvalue weighted by Gasteiger charge is -2.11. The van der Waals surface area contributed by atoms with E-state index in [2.05, 4.69) is 43.3 Å². The lowest BCUT2D eigenvalue weighted by Crippen LogP contribution is -2.01. The molecule has 3 rings (SSSR count). The molecule has 0 fully saturated rings. The summed E-state index contributed by atoms with van der Waals surface area (Å²) >= 11 is 0. The van der Waals surface area contributed by atoms with E-state index >= 15 is 0 Å². The summed E-state index contributed by atoms with van der Waals surface area (Å²) in [7, 11) is 0. The zero-order valence-electron chi connectivity index (χ0n) is 11.7. The van der Waals surface area contributed by atoms with Crippen molar-refractivity contribution in [2.75, 3.05) is 0 Å². The van der Waals surface area contributed by atoms with Gasteiger partial charge in [-0.05, 0) is 45.6 Å². The number of allylic oxidation sites excluding steroid dienone is 1. The maximum Gasteiger partial charge on any atom is 0.138 e. The van der Waals surface area contributed by atoms with Gasteiger partial charge in [-0.1, -0.05) is 35.9 Å². The van der Waals surface area contributed by atoms with Crippen LogP contribution in [-0.2, 0) is 12.8 Å². The largest absolute Gasteiger partial charge is 0.456 e. The van der Waals surface area contributed by atoms with Gasteiger partial charge in [0, 0.05) is 16.7 Å². The van der Waals surface area contributed by atoms with E-state index in [1.807, 2.05) is 6.92 Å². The smallest absolute Gasteiger partial charge is 0.138 e. The van der Waals surface area contributed by atoms with Gasteiger partial charge < -0.3 is 4.42 Å². The lowest BCUT2D eigenvalue weighted by molar-refractivity contribution is 0.567. The molecule has 0 aliphatic heterocycles. The van der Waals surface area contributed by atoms with Crippen LogP contribution in [0.15, 0.2) is 34.8 Å². The predicted molar refractivity (Wildman–Crippen MR) is 80.2 cm³/mol. The third-order valence-corrected chi connectivity index (χ3v) is 3.88. The first-order chi connectivity index (χ1) is 9.29. The SMILES string of the molecule is C/C=C/c1oc(-c2ccc(C)cc2)c2c1CCCC2. The summed E-state index contributed by atoms with van der Waals surface area (Å²) in [6, 6.07) is 8.65. The number of rotatable bonds is 2. The molecule has 1 aliphatic rings. The van der Waals surface area contributed by atoms with Crippen LogP contribution in [0, 0.1) is 6.92 Å². The zero-order valence-corrected chi connectivity index (χ0v) is 11.7. The topological polar surface area (TPSA) is 13.1 Å². The van der Waals surface area contributed by atoms with Crippen LogP contribution >= 0.6 is 0 Å². The van der Waals surface area contributed by atoms with Gasteiger partial charge in [-0.15, -0.1) is 0 Å². The summed E-state index contributed by atoms with van der Waals surface area (Å²) in [6.07, 6.45) is 9.03. The number of fused-ring (bicyclic) bond motifs is 1. The number of furan rings is 1. The summed E-state index contributed by atoms with van der Waals surface area (Å²) in [5.74, 6) is 2.15. The van der Waals surface area contributed by atoms with Gasteiger partial charge in [0.05, 0.1) is 0 Å². The molecule has 1 heterocycles. The summed E-state index contributed by atoms with van der Waals surface area (Å²) in [5.41, 5.74) is 5.36. The Balaban J connectivity index is 2.13. The van der Waals surface area contributed by atoms with E-state index in [4.69, 9.17) is 4.42 Å². The second-order valence-electron chi connectivity index (χ2n) is 5.33. The molecule has 19 heavy (non-hydrogen) atoms. The maximum atomic E-state index is 6.15. The van der Waals surface area contributed by atoms with Gasteiger partial charge in [0.25, 0.3) is 0 Å². The van der Waals surface area contributed by atoms with Crippen LogP contribution < -0.4 is 0 Å². The second-order valence-corrected chi connectivity index (χ2v) is 5.33. The molecule has 0 spiro atoms. The average molecular weight is 252 g/mol. The predicted octanol–water partition coefficient (Wildman–Crippen LogP) is 5.17. The number of hydrogen-bond donors (Lipinski definition) is 0. The molecule has 1 aromatic heterocycles. The van der Waals surface area contributed by atoms with Crippen LogP contribution in [0.1, 0.15) is 42.2 Å². The van der Waals surface area contributed by atoms with Gasteiger partial charge in [-0.25, -0.2) is 0 Å². The normalized spacial score (nSPS) is 14.8. The monoisotopic (exact) mass is 252 g/mol. The van der Waals surface area contributed by atoms with Crippen molar-refractivity contribution in [3.63, 3.8) is 0 Å². The van der Waals surface area contributed by atoms with Gasteiger partial charge in [0.2, 0.25) is 0 Å². The minimum absolute atomic E-state index is 1.06. The van der Waals surface area contributed by atoms with Crippen molar-refractivity contribution in [1.29, 1.82) is 0 Å². The van der Waals surface area contributed by atoms with Crippen molar-refractivity contribution in [1.82, 2.24) is 0 Å². The molecule has 98 valence electrons. The molecule has 1 heteroatoms. The van der Waals surface area contributed by atoms with Crippen molar-refractivity contribution in [2.45, 2.75) is 39.5 Å². The van der Waals surface area contributed by atoms with Crippen molar-refractivity contribution >= 4 is 6.08 Å². The molecule has 2 aromatic rings. The van der Waals surface area contributed by atoms with E-state index in [-0.39, 0.29) is 0 Å². The fraction of sp³-hybridized carbons (Fsp3) is 0.333. The van der Waals surface area contributed by atoms with Crippen molar-refractivity contribution in [3.8, 4) is 11.3 Å². The highest BCUT2D eigenvalue weighted by Gasteiger charge is 2.22. The highest BCUT2D eigenvalue weighted by Crippen LogP contribution is 2.37. The Labute approximate surface area is 115 Å². The molecule has 1 aromatic carbocycles. The maximum absolute atomic E-state index is 6.15. The first kappa shape index (κ1) is 12.3. The van der Waals surface area contributed by atoms with Crippen LogP contribution in [0.3, 0.4) is 0 Å². The number of benzene rings is 1. The molecule has 0 unspecified atom stereocenters. The minimum atomic E-state index is 1.06. The quantitative estimate of drug-likeness (QED) is 0.719. The lowest BCUT2D eigenvalue weighted by atomic mass is 9.90. The Hall–Kier alpha value is -1.76. The van der Waals surface area contributed by atoms with Gasteiger partial charge >= 0.3 is 0 Å². The van der Waals surface area contributed by atoms with Crippen LogP contribution in [0.2, 0.25) is 0 Å². The number of hydrogen-bond acceptors (Lipinski definition) is 1. The highest BCUT2D eigenvalue weighted by molar-refractivity contribution is 5.68. The molecular formula is C18H20O. The molecule has 0 atom stereocenters. The van der Waals surface area contributed by atoms with E-state index in [0.29, 0.717) is 0 Å². The molecule has 1 nitrogen and oxygen atoms in total. The fourth-order valence-electron chi connectivity index (χ4n) is 2.89. The molecule has 0 saturated carbocycles. The molecule has 0 amide bonds. The van der Waals surface area contributed by atoms with Crippen molar-refractivity contribution in [3.05, 3.63) is 52.8 Å². The van der Waals surface area contributed by atoms with Gasteiger partial charge in [-0.2, -0.15) is 0 Å². The fourth-order valence-corrected chi connectivity index (χ4v) is 2.89. The Morgan fingerprint density at radius 2 is 1.68 bits per heavy atom. The van der Waals surface area contributed by atoms with Crippen LogP contribution in [-0.4, -0.2) is 0 Å². The molecule has 0 bridgehead atoms. The first-order valence-electron chi connectivity index (χ1n) is 7.14. The summed E-state index contributed by atoms with van der Waals surface area (Å²) < 4.78 is 6.15. The first-order valence-corrected chi connectivity index (χ1v) is 7.14. The van der Waals surface area contributed by atoms with E-state index in [1.165, 1.54) is 35.1 Å². The third kappa shape index (κ3) is 2.25. The van der Waals surface area contributed by atoms with Crippen LogP contribution in [0.25, 0.3) is 17.4 Å². The van der Waals surface area contributed by atoms with Gasteiger partial charge in [0.15, 0.2) is 0 Å². The standard InChI is InChI=1S/C18H20O/c1-3-6-17-15-7-4-5-8-16(15)18(19-17)14-11-9-13(2)10-12-14/h3,6,9-12H,4-5,7-8H2,1-2H3/b6-3+. The molecule has 1 aliphatic carbocycles. The molecule has 0 N–H and O–H groups in total. The Morgan fingerprint density at radius 1 is 1.00 bits per heavy atom. The van der Waals surface area contributed by atoms with E-state index in [9.17, 15) is 0 Å². The second kappa shape index (κ2) is 5.08. The average Bonchev–Trinajstić information content (AvgIpc) is 2.80. The number of aryl methyl sites for hydroxylation is 1. The van der Waals surface area contributed by atoms with Crippen molar-refractivity contribution in [2.24, 2.45) is 0 Å². The summed E-state index contributed by atoms with van der Waals surface area (Å²) in [4.78, 5) is 0. The Bertz CT molecular complexity index is 599. The summed E-state index contributed by atoms with van der Waals surface area (Å²) in [6.45, 7) is 4.16. The van der Waals surface area contributed by atoms with E-state index in [1.54, 1.807) is 0 Å². The van der Waals surface area contributed by atoms with E-state index in [0.717, 1.165) is 24.4 Å². The zero-order chi connectivity index (χ0) is 13.2. The Morgan fingerprint density at radius 3 is 2.37 bits per heavy atom. The molecule has 0 saturated heterocycles. The van der Waals surface area contributed by atoms with Gasteiger partial charge in [0.1, 0.15) is 11.5 Å². The molecular weight excluding hydrogens is 232 g/mol. The van der Waals surface area contributed by atoms with Gasteiger partial charge in [-0.3, -0.25) is 0 Å². The molecule has 0 radical (unpaired) electrons. The highest BCUT2D eigenvalue weighted by atomic mass is 16.3. The summed E-state index contributed by atoms with van der Waals surface area (Å²) in [5, 5.41) is 0. The van der Waals surface area contributed by atoms with Crippen LogP contribution in [0.4, 0.5) is 0 Å². The van der Waals surface area contributed by atoms with E-state index < -0.39 is 0 Å². The Kier molecular flexibility index (Phi) is 3.29. The van der Waals surface area contributed by atoms with Crippen molar-refractivity contribution < 1.29 is 4.42 Å². The van der Waals surface area contributed by atoms with Crippen LogP contribution in [0.5, 0.6) is 0 Å².